The molecule has 0 atom stereocenters. The third kappa shape index (κ3) is 6.82. The molecular formula is C23H30N2O4. The molecule has 0 unspecified atom stereocenters. The maximum Gasteiger partial charge on any atom is 0.277 e. The minimum atomic E-state index is -0.333. The highest BCUT2D eigenvalue weighted by Gasteiger charge is 2.18. The smallest absolute Gasteiger partial charge is 0.277 e. The zero-order valence-electron chi connectivity index (χ0n) is 17.8. The number of hydrogen-bond donors (Lipinski definition) is 1. The molecule has 0 saturated carbocycles. The second-order valence-electron chi connectivity index (χ2n) is 7.59. The van der Waals surface area contributed by atoms with Gasteiger partial charge in [-0.25, -0.2) is 5.43 Å². The Bertz CT molecular complexity index is 841. The highest BCUT2D eigenvalue weighted by molar-refractivity contribution is 5.83. The number of nitrogens with one attached hydrogen (secondary N) is 1. The third-order valence-corrected chi connectivity index (χ3v) is 4.11. The summed E-state index contributed by atoms with van der Waals surface area (Å²) >= 11 is 0. The summed E-state index contributed by atoms with van der Waals surface area (Å²) in [7, 11) is 1.59. The number of rotatable bonds is 9. The molecular weight excluding hydrogens is 368 g/mol. The number of benzene rings is 2. The Morgan fingerprint density at radius 1 is 1.07 bits per heavy atom. The molecule has 0 aromatic heterocycles. The van der Waals surface area contributed by atoms with Gasteiger partial charge in [-0.1, -0.05) is 45.9 Å². The summed E-state index contributed by atoms with van der Waals surface area (Å²) in [4.78, 5) is 12.1. The van der Waals surface area contributed by atoms with E-state index in [0.717, 1.165) is 17.5 Å². The summed E-state index contributed by atoms with van der Waals surface area (Å²) in [5.41, 5.74) is 4.24. The Morgan fingerprint density at radius 2 is 1.83 bits per heavy atom. The van der Waals surface area contributed by atoms with Gasteiger partial charge in [-0.15, -0.1) is 0 Å². The largest absolute Gasteiger partial charge is 0.493 e. The first-order valence-electron chi connectivity index (χ1n) is 9.70. The van der Waals surface area contributed by atoms with Crippen LogP contribution in [0.3, 0.4) is 0 Å². The van der Waals surface area contributed by atoms with Gasteiger partial charge in [0.2, 0.25) is 0 Å². The Balaban J connectivity index is 1.92. The molecule has 29 heavy (non-hydrogen) atoms. The van der Waals surface area contributed by atoms with Crippen molar-refractivity contribution in [2.24, 2.45) is 5.10 Å². The number of methoxy groups -OCH3 is 1. The topological polar surface area (TPSA) is 69.2 Å². The maximum atomic E-state index is 12.1. The van der Waals surface area contributed by atoms with E-state index in [9.17, 15) is 4.79 Å². The van der Waals surface area contributed by atoms with Crippen molar-refractivity contribution in [3.8, 4) is 17.2 Å². The van der Waals surface area contributed by atoms with Gasteiger partial charge in [-0.05, 0) is 47.2 Å². The highest BCUT2D eigenvalue weighted by Crippen LogP contribution is 2.31. The van der Waals surface area contributed by atoms with E-state index >= 15 is 0 Å². The molecule has 0 fully saturated rings. The zero-order chi connectivity index (χ0) is 21.3. The summed E-state index contributed by atoms with van der Waals surface area (Å²) in [6.45, 7) is 8.86. The Kier molecular flexibility index (Phi) is 8.07. The number of hydrogen-bond acceptors (Lipinski definition) is 5. The van der Waals surface area contributed by atoms with Crippen molar-refractivity contribution in [2.75, 3.05) is 20.3 Å². The first-order valence-corrected chi connectivity index (χ1v) is 9.70. The predicted molar refractivity (Wildman–Crippen MR) is 115 cm³/mol. The Morgan fingerprint density at radius 3 is 2.52 bits per heavy atom. The van der Waals surface area contributed by atoms with Crippen molar-refractivity contribution in [1.29, 1.82) is 0 Å². The lowest BCUT2D eigenvalue weighted by molar-refractivity contribution is -0.123. The highest BCUT2D eigenvalue weighted by atomic mass is 16.5. The maximum absolute atomic E-state index is 12.1. The molecule has 156 valence electrons. The fourth-order valence-corrected chi connectivity index (χ4v) is 2.66. The Hall–Kier alpha value is -3.02. The van der Waals surface area contributed by atoms with Gasteiger partial charge in [0.25, 0.3) is 5.91 Å². The number of carbonyl (C=O) groups excluding carboxylic acids is 1. The number of ether oxygens (including phenoxy) is 3. The number of para-hydroxylation sites is 1. The normalized spacial score (nSPS) is 11.3. The molecule has 2 aromatic rings. The quantitative estimate of drug-likeness (QED) is 0.505. The van der Waals surface area contributed by atoms with Crippen LogP contribution in [0.5, 0.6) is 17.2 Å². The van der Waals surface area contributed by atoms with Crippen LogP contribution >= 0.6 is 0 Å². The number of nitrogens with zero attached hydrogens (tertiary/aromatic N) is 1. The van der Waals surface area contributed by atoms with Gasteiger partial charge in [0.1, 0.15) is 5.75 Å². The lowest BCUT2D eigenvalue weighted by Crippen LogP contribution is -2.25. The fourth-order valence-electron chi connectivity index (χ4n) is 2.66. The van der Waals surface area contributed by atoms with Gasteiger partial charge in [0, 0.05) is 0 Å². The van der Waals surface area contributed by atoms with Gasteiger partial charge in [-0.3, -0.25) is 4.79 Å². The van der Waals surface area contributed by atoms with Crippen LogP contribution in [0.4, 0.5) is 0 Å². The minimum Gasteiger partial charge on any atom is -0.493 e. The second-order valence-corrected chi connectivity index (χ2v) is 7.59. The summed E-state index contributed by atoms with van der Waals surface area (Å²) in [5, 5.41) is 3.99. The summed E-state index contributed by atoms with van der Waals surface area (Å²) < 4.78 is 16.7. The van der Waals surface area contributed by atoms with Gasteiger partial charge >= 0.3 is 0 Å². The molecule has 0 aliphatic carbocycles. The number of carbonyl (C=O) groups is 1. The van der Waals surface area contributed by atoms with E-state index in [-0.39, 0.29) is 17.9 Å². The molecule has 0 aliphatic heterocycles. The first-order chi connectivity index (χ1) is 13.8. The van der Waals surface area contributed by atoms with Crippen LogP contribution in [0.15, 0.2) is 47.6 Å². The lowest BCUT2D eigenvalue weighted by atomic mass is 9.86. The molecule has 6 heteroatoms. The van der Waals surface area contributed by atoms with E-state index in [4.69, 9.17) is 14.2 Å². The Labute approximate surface area is 172 Å². The van der Waals surface area contributed by atoms with E-state index in [2.05, 4.69) is 31.3 Å². The molecule has 1 amide bonds. The van der Waals surface area contributed by atoms with Crippen molar-refractivity contribution in [3.05, 3.63) is 53.6 Å². The van der Waals surface area contributed by atoms with Crippen molar-refractivity contribution >= 4 is 12.1 Å². The summed E-state index contributed by atoms with van der Waals surface area (Å²) in [5.74, 6) is 1.67. The van der Waals surface area contributed by atoms with Crippen LogP contribution in [0.25, 0.3) is 0 Å². The van der Waals surface area contributed by atoms with Gasteiger partial charge in [0.15, 0.2) is 18.1 Å². The number of amides is 1. The van der Waals surface area contributed by atoms with Crippen LogP contribution in [0.1, 0.15) is 45.2 Å². The van der Waals surface area contributed by atoms with E-state index in [1.165, 1.54) is 0 Å². The molecule has 0 heterocycles. The monoisotopic (exact) mass is 398 g/mol. The van der Waals surface area contributed by atoms with Crippen molar-refractivity contribution in [2.45, 2.75) is 39.5 Å². The van der Waals surface area contributed by atoms with Crippen LogP contribution in [0, 0.1) is 0 Å². The van der Waals surface area contributed by atoms with Crippen LogP contribution in [-0.4, -0.2) is 32.4 Å². The lowest BCUT2D eigenvalue weighted by Gasteiger charge is -2.22. The van der Waals surface area contributed by atoms with E-state index in [0.29, 0.717) is 23.9 Å². The SMILES string of the molecule is CCCOc1ccc(/C=N/NC(=O)COc2ccccc2C(C)(C)C)cc1OC. The summed E-state index contributed by atoms with van der Waals surface area (Å²) in [6.07, 6.45) is 2.47. The molecule has 2 aromatic carbocycles. The molecule has 6 nitrogen and oxygen atoms in total. The average Bonchev–Trinajstić information content (AvgIpc) is 2.70. The van der Waals surface area contributed by atoms with Gasteiger partial charge in [0.05, 0.1) is 19.9 Å². The molecule has 0 radical (unpaired) electrons. The van der Waals surface area contributed by atoms with Crippen molar-refractivity contribution in [1.82, 2.24) is 5.43 Å². The van der Waals surface area contributed by atoms with E-state index < -0.39 is 0 Å². The van der Waals surface area contributed by atoms with Gasteiger partial charge < -0.3 is 14.2 Å². The average molecular weight is 399 g/mol. The molecule has 0 spiro atoms. The van der Waals surface area contributed by atoms with Crippen LogP contribution in [-0.2, 0) is 10.2 Å². The molecule has 0 bridgehead atoms. The summed E-state index contributed by atoms with van der Waals surface area (Å²) in [6, 6.07) is 13.2. The number of hydrazone groups is 1. The molecule has 2 rings (SSSR count). The van der Waals surface area contributed by atoms with Crippen molar-refractivity contribution < 1.29 is 19.0 Å². The van der Waals surface area contributed by atoms with Crippen LogP contribution in [0.2, 0.25) is 0 Å². The fraction of sp³-hybridized carbons (Fsp3) is 0.391. The first kappa shape index (κ1) is 22.3. The molecule has 1 N–H and O–H groups in total. The third-order valence-electron chi connectivity index (χ3n) is 4.11. The molecule has 0 aliphatic rings. The van der Waals surface area contributed by atoms with Crippen molar-refractivity contribution in [3.63, 3.8) is 0 Å². The standard InChI is InChI=1S/C23H30N2O4/c1-6-13-28-20-12-11-17(14-21(20)27-5)15-24-25-22(26)16-29-19-10-8-7-9-18(19)23(2,3)4/h7-12,14-15H,6,13,16H2,1-5H3,(H,25,26)/b24-15+. The zero-order valence-corrected chi connectivity index (χ0v) is 17.8. The predicted octanol–water partition coefficient (Wildman–Crippen LogP) is 4.31. The van der Waals surface area contributed by atoms with Crippen LogP contribution < -0.4 is 19.6 Å². The van der Waals surface area contributed by atoms with E-state index in [1.807, 2.05) is 43.3 Å². The molecule has 0 saturated heterocycles. The van der Waals surface area contributed by atoms with E-state index in [1.54, 1.807) is 19.4 Å². The minimum absolute atomic E-state index is 0.0721. The van der Waals surface area contributed by atoms with Gasteiger partial charge in [-0.2, -0.15) is 5.10 Å². The second kappa shape index (κ2) is 10.5.